The minimum atomic E-state index is 0.0139. The van der Waals surface area contributed by atoms with Gasteiger partial charge in [0.1, 0.15) is 0 Å². The molecule has 0 unspecified atom stereocenters. The summed E-state index contributed by atoms with van der Waals surface area (Å²) in [6, 6.07) is 0. The molecule has 0 aromatic heterocycles. The van der Waals surface area contributed by atoms with Crippen LogP contribution in [0.4, 0.5) is 0 Å². The van der Waals surface area contributed by atoms with Gasteiger partial charge in [0, 0.05) is 6.42 Å². The molecule has 1 aliphatic rings. The third-order valence-electron chi connectivity index (χ3n) is 5.00. The Morgan fingerprint density at radius 2 is 1.74 bits per heavy atom. The van der Waals surface area contributed by atoms with E-state index < -0.39 is 0 Å². The molecule has 1 saturated carbocycles. The van der Waals surface area contributed by atoms with E-state index in [1.54, 1.807) is 0 Å². The SMILES string of the molecule is CCCC(CCC)(CCCC(=O)O[SiH3])C1CCCC1. The molecule has 2 nitrogen and oxygen atoms in total. The Labute approximate surface area is 122 Å². The van der Waals surface area contributed by atoms with E-state index in [4.69, 9.17) is 4.43 Å². The van der Waals surface area contributed by atoms with Crippen LogP contribution in [0, 0.1) is 11.3 Å². The molecule has 0 aromatic carbocycles. The quantitative estimate of drug-likeness (QED) is 0.603. The van der Waals surface area contributed by atoms with Crippen molar-refractivity contribution in [1.29, 1.82) is 0 Å². The first-order valence-corrected chi connectivity index (χ1v) is 9.07. The smallest absolute Gasteiger partial charge is 0.291 e. The molecule has 0 atom stereocenters. The van der Waals surface area contributed by atoms with Gasteiger partial charge in [-0.1, -0.05) is 39.5 Å². The first-order valence-electron chi connectivity index (χ1n) is 8.25. The second-order valence-corrected chi connectivity index (χ2v) is 6.68. The molecule has 0 bridgehead atoms. The topological polar surface area (TPSA) is 26.3 Å². The highest BCUT2D eigenvalue weighted by molar-refractivity contribution is 6.05. The van der Waals surface area contributed by atoms with Gasteiger partial charge in [-0.25, -0.2) is 0 Å². The highest BCUT2D eigenvalue weighted by atomic mass is 28.2. The van der Waals surface area contributed by atoms with Crippen molar-refractivity contribution in [2.24, 2.45) is 11.3 Å². The van der Waals surface area contributed by atoms with Crippen molar-refractivity contribution in [2.45, 2.75) is 84.5 Å². The molecule has 112 valence electrons. The second kappa shape index (κ2) is 8.78. The molecule has 0 amide bonds. The lowest BCUT2D eigenvalue weighted by atomic mass is 9.65. The third-order valence-corrected chi connectivity index (χ3v) is 5.46. The molecular weight excluding hydrogens is 252 g/mol. The van der Waals surface area contributed by atoms with Gasteiger partial charge in [-0.2, -0.15) is 0 Å². The largest absolute Gasteiger partial charge is 0.529 e. The zero-order valence-electron chi connectivity index (χ0n) is 13.2. The zero-order valence-corrected chi connectivity index (χ0v) is 15.2. The summed E-state index contributed by atoms with van der Waals surface area (Å²) < 4.78 is 4.91. The summed E-state index contributed by atoms with van der Waals surface area (Å²) in [7, 11) is 0.540. The molecular formula is C16H32O2Si. The molecule has 1 fully saturated rings. The summed E-state index contributed by atoms with van der Waals surface area (Å²) in [5.41, 5.74) is 0.519. The molecule has 3 heteroatoms. The van der Waals surface area contributed by atoms with Crippen molar-refractivity contribution in [3.63, 3.8) is 0 Å². The van der Waals surface area contributed by atoms with Crippen LogP contribution in [0.25, 0.3) is 0 Å². The predicted octanol–water partition coefficient (Wildman–Crippen LogP) is 3.76. The van der Waals surface area contributed by atoms with Crippen molar-refractivity contribution in [2.75, 3.05) is 0 Å². The van der Waals surface area contributed by atoms with Crippen LogP contribution in [0.15, 0.2) is 0 Å². The van der Waals surface area contributed by atoms with E-state index in [0.29, 0.717) is 22.3 Å². The lowest BCUT2D eigenvalue weighted by Crippen LogP contribution is -2.29. The van der Waals surface area contributed by atoms with Crippen molar-refractivity contribution >= 4 is 16.5 Å². The molecule has 0 heterocycles. The maximum atomic E-state index is 11.3. The standard InChI is InChI=1S/C16H32O2Si/c1-3-11-16(12-4-2,14-8-5-6-9-14)13-7-10-15(17)18-19/h14H,3-13H2,1-2,19H3. The van der Waals surface area contributed by atoms with Gasteiger partial charge in [0.15, 0.2) is 0 Å². The Morgan fingerprint density at radius 1 is 1.16 bits per heavy atom. The van der Waals surface area contributed by atoms with Gasteiger partial charge in [-0.3, -0.25) is 4.79 Å². The summed E-state index contributed by atoms with van der Waals surface area (Å²) in [6.07, 6.45) is 13.8. The Morgan fingerprint density at radius 3 is 2.21 bits per heavy atom. The molecule has 0 spiro atoms. The van der Waals surface area contributed by atoms with Crippen LogP contribution in [0.1, 0.15) is 84.5 Å². The summed E-state index contributed by atoms with van der Waals surface area (Å²) in [4.78, 5) is 11.3. The van der Waals surface area contributed by atoms with E-state index in [9.17, 15) is 4.79 Å². The lowest BCUT2D eigenvalue weighted by molar-refractivity contribution is -0.134. The maximum absolute atomic E-state index is 11.3. The fraction of sp³-hybridized carbons (Fsp3) is 0.938. The van der Waals surface area contributed by atoms with Gasteiger partial charge in [-0.15, -0.1) is 0 Å². The Hall–Kier alpha value is -0.313. The van der Waals surface area contributed by atoms with E-state index in [1.165, 1.54) is 57.8 Å². The summed E-state index contributed by atoms with van der Waals surface area (Å²) in [5.74, 6) is 0.930. The van der Waals surface area contributed by atoms with Gasteiger partial charge in [-0.05, 0) is 49.9 Å². The Bertz CT molecular complexity index is 253. The van der Waals surface area contributed by atoms with Gasteiger partial charge >= 0.3 is 0 Å². The van der Waals surface area contributed by atoms with E-state index in [1.807, 2.05) is 0 Å². The van der Waals surface area contributed by atoms with Crippen molar-refractivity contribution in [1.82, 2.24) is 0 Å². The van der Waals surface area contributed by atoms with E-state index in [0.717, 1.165) is 12.3 Å². The van der Waals surface area contributed by atoms with Crippen LogP contribution in [-0.2, 0) is 9.22 Å². The first kappa shape index (κ1) is 16.7. The van der Waals surface area contributed by atoms with Gasteiger partial charge < -0.3 is 4.43 Å². The normalized spacial score (nSPS) is 16.9. The zero-order chi connectivity index (χ0) is 14.1. The Balaban J connectivity index is 2.62. The second-order valence-electron chi connectivity index (χ2n) is 6.27. The van der Waals surface area contributed by atoms with Gasteiger partial charge in [0.2, 0.25) is 10.5 Å². The molecule has 0 N–H and O–H groups in total. The molecule has 0 aromatic rings. The van der Waals surface area contributed by atoms with E-state index in [-0.39, 0.29) is 5.97 Å². The fourth-order valence-electron chi connectivity index (χ4n) is 4.21. The summed E-state index contributed by atoms with van der Waals surface area (Å²) >= 11 is 0. The van der Waals surface area contributed by atoms with Crippen LogP contribution in [0.2, 0.25) is 0 Å². The van der Waals surface area contributed by atoms with E-state index in [2.05, 4.69) is 13.8 Å². The fourth-order valence-corrected chi connectivity index (χ4v) is 4.41. The van der Waals surface area contributed by atoms with Crippen LogP contribution >= 0.6 is 0 Å². The number of hydrogen-bond donors (Lipinski definition) is 0. The highest BCUT2D eigenvalue weighted by Crippen LogP contribution is 2.49. The first-order chi connectivity index (χ1) is 9.18. The predicted molar refractivity (Wildman–Crippen MR) is 84.1 cm³/mol. The van der Waals surface area contributed by atoms with Crippen LogP contribution in [-0.4, -0.2) is 16.5 Å². The number of rotatable bonds is 9. The monoisotopic (exact) mass is 284 g/mol. The number of carbonyl (C=O) groups is 1. The Kier molecular flexibility index (Phi) is 7.73. The minimum Gasteiger partial charge on any atom is -0.529 e. The molecule has 19 heavy (non-hydrogen) atoms. The number of carbonyl (C=O) groups excluding carboxylic acids is 1. The summed E-state index contributed by atoms with van der Waals surface area (Å²) in [6.45, 7) is 4.62. The van der Waals surface area contributed by atoms with Gasteiger partial charge in [0.05, 0.1) is 0 Å². The molecule has 0 aliphatic heterocycles. The maximum Gasteiger partial charge on any atom is 0.291 e. The molecule has 0 radical (unpaired) electrons. The van der Waals surface area contributed by atoms with Crippen molar-refractivity contribution < 1.29 is 9.22 Å². The average molecular weight is 285 g/mol. The number of hydrogen-bond acceptors (Lipinski definition) is 2. The van der Waals surface area contributed by atoms with Crippen molar-refractivity contribution in [3.8, 4) is 0 Å². The highest BCUT2D eigenvalue weighted by Gasteiger charge is 2.37. The molecule has 0 saturated heterocycles. The van der Waals surface area contributed by atoms with Crippen LogP contribution in [0.5, 0.6) is 0 Å². The van der Waals surface area contributed by atoms with Crippen LogP contribution in [0.3, 0.4) is 0 Å². The average Bonchev–Trinajstić information content (AvgIpc) is 2.93. The van der Waals surface area contributed by atoms with E-state index >= 15 is 0 Å². The summed E-state index contributed by atoms with van der Waals surface area (Å²) in [5, 5.41) is 0. The molecule has 1 aliphatic carbocycles. The van der Waals surface area contributed by atoms with Gasteiger partial charge in [0.25, 0.3) is 5.97 Å². The van der Waals surface area contributed by atoms with Crippen LogP contribution < -0.4 is 0 Å². The minimum absolute atomic E-state index is 0.0139. The van der Waals surface area contributed by atoms with Crippen molar-refractivity contribution in [3.05, 3.63) is 0 Å². The lowest BCUT2D eigenvalue weighted by Gasteiger charge is -2.40. The molecule has 1 rings (SSSR count). The third kappa shape index (κ3) is 4.94.